The van der Waals surface area contributed by atoms with E-state index in [4.69, 9.17) is 10.5 Å². The zero-order valence-electron chi connectivity index (χ0n) is 11.3. The Balaban J connectivity index is 2.59. The molecular weight excluding hydrogens is 270 g/mol. The standard InChI is InChI=1S/C15H13N3O3/c1-21-12-7-2-4-9(8-16)13(12)18-14-10(15(19)20)5-3-6-11(14)17/h2-7,18H,17H2,1H3,(H,19,20). The van der Waals surface area contributed by atoms with Crippen molar-refractivity contribution in [2.45, 2.75) is 0 Å². The number of nitrogens with two attached hydrogens (primary N) is 1. The van der Waals surface area contributed by atoms with Crippen molar-refractivity contribution in [3.05, 3.63) is 47.5 Å². The third kappa shape index (κ3) is 2.72. The van der Waals surface area contributed by atoms with Crippen molar-refractivity contribution in [3.63, 3.8) is 0 Å². The van der Waals surface area contributed by atoms with E-state index in [0.29, 0.717) is 17.0 Å². The second kappa shape index (κ2) is 5.84. The zero-order chi connectivity index (χ0) is 15.4. The topological polar surface area (TPSA) is 108 Å². The van der Waals surface area contributed by atoms with Gasteiger partial charge < -0.3 is 20.9 Å². The van der Waals surface area contributed by atoms with E-state index in [1.165, 1.54) is 13.2 Å². The highest BCUT2D eigenvalue weighted by atomic mass is 16.5. The van der Waals surface area contributed by atoms with E-state index in [2.05, 4.69) is 5.32 Å². The molecule has 0 fully saturated rings. The number of hydrogen-bond acceptors (Lipinski definition) is 5. The van der Waals surface area contributed by atoms with Crippen LogP contribution in [0.15, 0.2) is 36.4 Å². The van der Waals surface area contributed by atoms with Crippen LogP contribution >= 0.6 is 0 Å². The predicted molar refractivity (Wildman–Crippen MR) is 78.8 cm³/mol. The number of aromatic carboxylic acids is 1. The first-order valence-electron chi connectivity index (χ1n) is 6.04. The summed E-state index contributed by atoms with van der Waals surface area (Å²) in [6, 6.07) is 11.5. The number of ether oxygens (including phenoxy) is 1. The molecule has 106 valence electrons. The molecule has 0 aliphatic heterocycles. The number of carboxylic acids is 1. The van der Waals surface area contributed by atoms with Crippen LogP contribution in [-0.4, -0.2) is 18.2 Å². The highest BCUT2D eigenvalue weighted by Gasteiger charge is 2.16. The minimum absolute atomic E-state index is 0.0183. The molecule has 0 unspecified atom stereocenters. The molecule has 0 atom stereocenters. The minimum atomic E-state index is -1.11. The summed E-state index contributed by atoms with van der Waals surface area (Å²) in [5.41, 5.74) is 7.06. The molecule has 0 bridgehead atoms. The molecule has 0 aliphatic carbocycles. The van der Waals surface area contributed by atoms with Crippen LogP contribution in [0, 0.1) is 11.3 Å². The molecule has 0 radical (unpaired) electrons. The minimum Gasteiger partial charge on any atom is -0.495 e. The fourth-order valence-electron chi connectivity index (χ4n) is 1.94. The summed E-state index contributed by atoms with van der Waals surface area (Å²) in [4.78, 5) is 11.3. The van der Waals surface area contributed by atoms with Gasteiger partial charge in [-0.3, -0.25) is 0 Å². The molecule has 0 heterocycles. The largest absolute Gasteiger partial charge is 0.495 e. The van der Waals surface area contributed by atoms with Crippen LogP contribution in [0.3, 0.4) is 0 Å². The number of nitrogens with one attached hydrogen (secondary N) is 1. The smallest absolute Gasteiger partial charge is 0.337 e. The monoisotopic (exact) mass is 283 g/mol. The quantitative estimate of drug-likeness (QED) is 0.744. The average Bonchev–Trinajstić information content (AvgIpc) is 2.49. The molecule has 21 heavy (non-hydrogen) atoms. The molecule has 2 aromatic carbocycles. The summed E-state index contributed by atoms with van der Waals surface area (Å²) < 4.78 is 5.20. The lowest BCUT2D eigenvalue weighted by Crippen LogP contribution is -2.07. The van der Waals surface area contributed by atoms with Crippen molar-refractivity contribution in [2.75, 3.05) is 18.2 Å². The molecule has 0 aromatic heterocycles. The fourth-order valence-corrected chi connectivity index (χ4v) is 1.94. The molecule has 6 nitrogen and oxygen atoms in total. The first-order chi connectivity index (χ1) is 10.1. The number of carbonyl (C=O) groups is 1. The Kier molecular flexibility index (Phi) is 3.95. The molecular formula is C15H13N3O3. The van der Waals surface area contributed by atoms with Crippen LogP contribution in [0.25, 0.3) is 0 Å². The second-order valence-corrected chi connectivity index (χ2v) is 4.19. The number of nitriles is 1. The molecule has 2 rings (SSSR count). The molecule has 0 amide bonds. The van der Waals surface area contributed by atoms with Crippen molar-refractivity contribution >= 4 is 23.0 Å². The van der Waals surface area contributed by atoms with E-state index in [1.54, 1.807) is 30.3 Å². The Morgan fingerprint density at radius 2 is 2.00 bits per heavy atom. The summed E-state index contributed by atoms with van der Waals surface area (Å²) in [6.45, 7) is 0. The zero-order valence-corrected chi connectivity index (χ0v) is 11.3. The summed E-state index contributed by atoms with van der Waals surface area (Å²) in [5.74, 6) is -0.688. The predicted octanol–water partition coefficient (Wildman–Crippen LogP) is 2.59. The lowest BCUT2D eigenvalue weighted by atomic mass is 10.1. The van der Waals surface area contributed by atoms with E-state index in [-0.39, 0.29) is 16.9 Å². The first-order valence-corrected chi connectivity index (χ1v) is 6.04. The third-order valence-electron chi connectivity index (χ3n) is 2.94. The number of carboxylic acid groups (broad SMARTS) is 1. The number of anilines is 3. The number of para-hydroxylation sites is 2. The maximum Gasteiger partial charge on any atom is 0.337 e. The first kappa shape index (κ1) is 14.2. The summed E-state index contributed by atoms with van der Waals surface area (Å²) in [5, 5.41) is 21.3. The van der Waals surface area contributed by atoms with Crippen molar-refractivity contribution in [1.82, 2.24) is 0 Å². The number of nitrogen functional groups attached to an aromatic ring is 1. The van der Waals surface area contributed by atoms with E-state index < -0.39 is 5.97 Å². The van der Waals surface area contributed by atoms with Crippen molar-refractivity contribution in [3.8, 4) is 11.8 Å². The Bertz CT molecular complexity index is 735. The fraction of sp³-hybridized carbons (Fsp3) is 0.0667. The van der Waals surface area contributed by atoms with Crippen LogP contribution in [0.2, 0.25) is 0 Å². The Morgan fingerprint density at radius 1 is 1.29 bits per heavy atom. The van der Waals surface area contributed by atoms with Gasteiger partial charge in [0.05, 0.1) is 35.3 Å². The Hall–Kier alpha value is -3.20. The van der Waals surface area contributed by atoms with Gasteiger partial charge in [-0.1, -0.05) is 12.1 Å². The molecule has 4 N–H and O–H groups in total. The number of benzene rings is 2. The number of rotatable bonds is 4. The SMILES string of the molecule is COc1cccc(C#N)c1Nc1c(N)cccc1C(=O)O. The molecule has 0 aliphatic rings. The van der Waals surface area contributed by atoms with Gasteiger partial charge >= 0.3 is 5.97 Å². The molecule has 0 saturated heterocycles. The third-order valence-corrected chi connectivity index (χ3v) is 2.94. The van der Waals surface area contributed by atoms with E-state index in [0.717, 1.165) is 0 Å². The van der Waals surface area contributed by atoms with Crippen LogP contribution in [0.4, 0.5) is 17.1 Å². The number of hydrogen-bond donors (Lipinski definition) is 3. The highest BCUT2D eigenvalue weighted by molar-refractivity contribution is 5.99. The molecule has 0 spiro atoms. The maximum absolute atomic E-state index is 11.3. The Morgan fingerprint density at radius 3 is 2.62 bits per heavy atom. The summed E-state index contributed by atoms with van der Waals surface area (Å²) in [6.07, 6.45) is 0. The van der Waals surface area contributed by atoms with Gasteiger partial charge in [-0.2, -0.15) is 5.26 Å². The van der Waals surface area contributed by atoms with E-state index >= 15 is 0 Å². The maximum atomic E-state index is 11.3. The lowest BCUT2D eigenvalue weighted by Gasteiger charge is -2.16. The molecule has 6 heteroatoms. The normalized spacial score (nSPS) is 9.71. The number of nitrogens with zero attached hydrogens (tertiary/aromatic N) is 1. The van der Waals surface area contributed by atoms with Crippen LogP contribution in [0.1, 0.15) is 15.9 Å². The highest BCUT2D eigenvalue weighted by Crippen LogP contribution is 2.34. The van der Waals surface area contributed by atoms with Gasteiger partial charge in [0, 0.05) is 0 Å². The van der Waals surface area contributed by atoms with Gasteiger partial charge in [0.2, 0.25) is 0 Å². The van der Waals surface area contributed by atoms with E-state index in [9.17, 15) is 15.2 Å². The van der Waals surface area contributed by atoms with Crippen molar-refractivity contribution < 1.29 is 14.6 Å². The van der Waals surface area contributed by atoms with Gasteiger partial charge in [0.15, 0.2) is 0 Å². The molecule has 2 aromatic rings. The average molecular weight is 283 g/mol. The summed E-state index contributed by atoms with van der Waals surface area (Å²) in [7, 11) is 1.47. The van der Waals surface area contributed by atoms with Crippen molar-refractivity contribution in [2.24, 2.45) is 0 Å². The van der Waals surface area contributed by atoms with Gasteiger partial charge in [-0.25, -0.2) is 4.79 Å². The molecule has 0 saturated carbocycles. The Labute approximate surface area is 121 Å². The second-order valence-electron chi connectivity index (χ2n) is 4.19. The number of methoxy groups -OCH3 is 1. The lowest BCUT2D eigenvalue weighted by molar-refractivity contribution is 0.0698. The van der Waals surface area contributed by atoms with Gasteiger partial charge in [0.1, 0.15) is 11.8 Å². The van der Waals surface area contributed by atoms with Crippen LogP contribution in [-0.2, 0) is 0 Å². The van der Waals surface area contributed by atoms with Crippen molar-refractivity contribution in [1.29, 1.82) is 5.26 Å². The van der Waals surface area contributed by atoms with E-state index in [1.807, 2.05) is 6.07 Å². The van der Waals surface area contributed by atoms with Crippen LogP contribution < -0.4 is 15.8 Å². The van der Waals surface area contributed by atoms with Crippen LogP contribution in [0.5, 0.6) is 5.75 Å². The van der Waals surface area contributed by atoms with Gasteiger partial charge in [-0.15, -0.1) is 0 Å². The van der Waals surface area contributed by atoms with Gasteiger partial charge in [-0.05, 0) is 24.3 Å². The van der Waals surface area contributed by atoms with Gasteiger partial charge in [0.25, 0.3) is 0 Å². The summed E-state index contributed by atoms with van der Waals surface area (Å²) >= 11 is 0.